The van der Waals surface area contributed by atoms with Crippen LogP contribution in [0.5, 0.6) is 5.75 Å². The van der Waals surface area contributed by atoms with Crippen molar-refractivity contribution in [3.63, 3.8) is 0 Å². The van der Waals surface area contributed by atoms with E-state index in [0.717, 1.165) is 24.2 Å². The Hall–Kier alpha value is -1.13. The third-order valence-electron chi connectivity index (χ3n) is 5.44. The SMILES string of the molecule is COc1cccc(CC(CC2CC3CCC2C3)NN)c1F. The molecule has 2 aliphatic rings. The Bertz CT molecular complexity index is 494. The molecule has 2 fully saturated rings. The molecule has 0 amide bonds. The van der Waals surface area contributed by atoms with Gasteiger partial charge in [0, 0.05) is 6.04 Å². The van der Waals surface area contributed by atoms with Crippen LogP contribution in [0.1, 0.15) is 37.7 Å². The fraction of sp³-hybridized carbons (Fsp3) is 0.647. The molecule has 0 radical (unpaired) electrons. The van der Waals surface area contributed by atoms with Gasteiger partial charge in [0.25, 0.3) is 0 Å². The molecule has 116 valence electrons. The minimum atomic E-state index is -0.256. The highest BCUT2D eigenvalue weighted by atomic mass is 19.1. The van der Waals surface area contributed by atoms with Crippen molar-refractivity contribution in [1.29, 1.82) is 0 Å². The first-order valence-corrected chi connectivity index (χ1v) is 7.98. The Kier molecular flexibility index (Phi) is 4.45. The lowest BCUT2D eigenvalue weighted by Crippen LogP contribution is -2.39. The Morgan fingerprint density at radius 3 is 2.86 bits per heavy atom. The average molecular weight is 292 g/mol. The third kappa shape index (κ3) is 3.06. The van der Waals surface area contributed by atoms with Crippen molar-refractivity contribution in [2.45, 2.75) is 44.6 Å². The first-order valence-electron chi connectivity index (χ1n) is 7.98. The number of hydrogen-bond donors (Lipinski definition) is 2. The van der Waals surface area contributed by atoms with Gasteiger partial charge in [-0.15, -0.1) is 0 Å². The van der Waals surface area contributed by atoms with Gasteiger partial charge in [0.15, 0.2) is 11.6 Å². The summed E-state index contributed by atoms with van der Waals surface area (Å²) in [5, 5.41) is 0. The molecule has 3 rings (SSSR count). The molecule has 4 heteroatoms. The van der Waals surface area contributed by atoms with Gasteiger partial charge in [0.2, 0.25) is 0 Å². The highest BCUT2D eigenvalue weighted by Gasteiger charge is 2.40. The van der Waals surface area contributed by atoms with Gasteiger partial charge in [-0.05, 0) is 61.5 Å². The van der Waals surface area contributed by atoms with Crippen molar-refractivity contribution >= 4 is 0 Å². The maximum atomic E-state index is 14.2. The van der Waals surface area contributed by atoms with Gasteiger partial charge >= 0.3 is 0 Å². The van der Waals surface area contributed by atoms with Crippen LogP contribution in [0.3, 0.4) is 0 Å². The summed E-state index contributed by atoms with van der Waals surface area (Å²) in [5.74, 6) is 8.34. The second kappa shape index (κ2) is 6.32. The van der Waals surface area contributed by atoms with Crippen molar-refractivity contribution in [2.75, 3.05) is 7.11 Å². The van der Waals surface area contributed by atoms with Crippen molar-refractivity contribution in [2.24, 2.45) is 23.6 Å². The topological polar surface area (TPSA) is 47.3 Å². The molecule has 0 spiro atoms. The predicted molar refractivity (Wildman–Crippen MR) is 81.3 cm³/mol. The van der Waals surface area contributed by atoms with Gasteiger partial charge in [-0.2, -0.15) is 0 Å². The number of hydrogen-bond acceptors (Lipinski definition) is 3. The molecule has 3 nitrogen and oxygen atoms in total. The first kappa shape index (κ1) is 14.8. The van der Waals surface area contributed by atoms with Crippen LogP contribution in [-0.4, -0.2) is 13.2 Å². The number of rotatable bonds is 6. The molecular formula is C17H25FN2O. The maximum absolute atomic E-state index is 14.2. The first-order chi connectivity index (χ1) is 10.2. The summed E-state index contributed by atoms with van der Waals surface area (Å²) in [7, 11) is 1.50. The van der Waals surface area contributed by atoms with E-state index >= 15 is 0 Å². The predicted octanol–water partition coefficient (Wildman–Crippen LogP) is 3.04. The molecule has 0 saturated heterocycles. The number of nitrogens with two attached hydrogens (primary N) is 1. The summed E-state index contributed by atoms with van der Waals surface area (Å²) in [4.78, 5) is 0. The van der Waals surface area contributed by atoms with Gasteiger partial charge < -0.3 is 4.74 Å². The molecule has 4 unspecified atom stereocenters. The van der Waals surface area contributed by atoms with Crippen molar-refractivity contribution < 1.29 is 9.13 Å². The number of methoxy groups -OCH3 is 1. The van der Waals surface area contributed by atoms with Gasteiger partial charge in [-0.1, -0.05) is 18.6 Å². The number of fused-ring (bicyclic) bond motifs is 2. The van der Waals surface area contributed by atoms with E-state index < -0.39 is 0 Å². The second-order valence-electron chi connectivity index (χ2n) is 6.67. The molecule has 0 heterocycles. The van der Waals surface area contributed by atoms with Gasteiger partial charge in [0.05, 0.1) is 7.11 Å². The van der Waals surface area contributed by atoms with Crippen molar-refractivity contribution in [3.8, 4) is 5.75 Å². The zero-order chi connectivity index (χ0) is 14.8. The number of nitrogens with one attached hydrogen (secondary N) is 1. The zero-order valence-corrected chi connectivity index (χ0v) is 12.6. The van der Waals surface area contributed by atoms with E-state index in [2.05, 4.69) is 5.43 Å². The molecule has 2 bridgehead atoms. The minimum absolute atomic E-state index is 0.135. The Labute approximate surface area is 126 Å². The molecule has 1 aromatic carbocycles. The molecule has 3 N–H and O–H groups in total. The van der Waals surface area contributed by atoms with Crippen molar-refractivity contribution in [1.82, 2.24) is 5.43 Å². The minimum Gasteiger partial charge on any atom is -0.494 e. The summed E-state index contributed by atoms with van der Waals surface area (Å²) < 4.78 is 19.3. The Morgan fingerprint density at radius 1 is 1.38 bits per heavy atom. The molecule has 4 atom stereocenters. The fourth-order valence-corrected chi connectivity index (χ4v) is 4.38. The lowest BCUT2D eigenvalue weighted by atomic mass is 9.83. The number of halogens is 1. The largest absolute Gasteiger partial charge is 0.494 e. The lowest BCUT2D eigenvalue weighted by Gasteiger charge is -2.26. The number of hydrazine groups is 1. The van der Waals surface area contributed by atoms with Crippen LogP contribution in [0.4, 0.5) is 4.39 Å². The van der Waals surface area contributed by atoms with Crippen LogP contribution in [0.15, 0.2) is 18.2 Å². The monoisotopic (exact) mass is 292 g/mol. The van der Waals surface area contributed by atoms with Crippen LogP contribution in [0.2, 0.25) is 0 Å². The molecule has 2 saturated carbocycles. The quantitative estimate of drug-likeness (QED) is 0.626. The molecule has 1 aromatic rings. The van der Waals surface area contributed by atoms with Crippen LogP contribution in [0, 0.1) is 23.6 Å². The maximum Gasteiger partial charge on any atom is 0.168 e. The average Bonchev–Trinajstić information content (AvgIpc) is 3.11. The smallest absolute Gasteiger partial charge is 0.168 e. The summed E-state index contributed by atoms with van der Waals surface area (Å²) in [6, 6.07) is 5.45. The fourth-order valence-electron chi connectivity index (χ4n) is 4.38. The van der Waals surface area contributed by atoms with Crippen molar-refractivity contribution in [3.05, 3.63) is 29.6 Å². The third-order valence-corrected chi connectivity index (χ3v) is 5.44. The summed E-state index contributed by atoms with van der Waals surface area (Å²) in [6.07, 6.45) is 7.19. The molecular weight excluding hydrogens is 267 g/mol. The van der Waals surface area contributed by atoms with Gasteiger partial charge in [0.1, 0.15) is 0 Å². The summed E-state index contributed by atoms with van der Waals surface area (Å²) in [5.41, 5.74) is 3.58. The highest BCUT2D eigenvalue weighted by molar-refractivity contribution is 5.31. The Balaban J connectivity index is 1.64. The van der Waals surface area contributed by atoms with E-state index in [1.54, 1.807) is 6.07 Å². The standard InChI is InChI=1S/C17H25FN2O/c1-21-16-4-2-3-13(17(16)18)9-15(20-19)10-14-8-11-5-6-12(14)7-11/h2-4,11-12,14-15,20H,5-10,19H2,1H3. The Morgan fingerprint density at radius 2 is 2.24 bits per heavy atom. The molecule has 0 aromatic heterocycles. The number of ether oxygens (including phenoxy) is 1. The van der Waals surface area contributed by atoms with Crippen LogP contribution >= 0.6 is 0 Å². The zero-order valence-electron chi connectivity index (χ0n) is 12.6. The summed E-state index contributed by atoms with van der Waals surface area (Å²) >= 11 is 0. The van der Waals surface area contributed by atoms with E-state index in [0.29, 0.717) is 17.7 Å². The van der Waals surface area contributed by atoms with E-state index in [9.17, 15) is 4.39 Å². The van der Waals surface area contributed by atoms with E-state index in [-0.39, 0.29) is 11.9 Å². The molecule has 0 aliphatic heterocycles. The highest BCUT2D eigenvalue weighted by Crippen LogP contribution is 2.50. The second-order valence-corrected chi connectivity index (χ2v) is 6.67. The lowest BCUT2D eigenvalue weighted by molar-refractivity contribution is 0.276. The number of benzene rings is 1. The van der Waals surface area contributed by atoms with Gasteiger partial charge in [-0.25, -0.2) is 4.39 Å². The van der Waals surface area contributed by atoms with Crippen LogP contribution in [-0.2, 0) is 6.42 Å². The van der Waals surface area contributed by atoms with Crippen LogP contribution in [0.25, 0.3) is 0 Å². The van der Waals surface area contributed by atoms with E-state index in [1.807, 2.05) is 12.1 Å². The summed E-state index contributed by atoms with van der Waals surface area (Å²) in [6.45, 7) is 0. The van der Waals surface area contributed by atoms with E-state index in [4.69, 9.17) is 10.6 Å². The van der Waals surface area contributed by atoms with Gasteiger partial charge in [-0.3, -0.25) is 11.3 Å². The van der Waals surface area contributed by atoms with E-state index in [1.165, 1.54) is 32.8 Å². The molecule has 21 heavy (non-hydrogen) atoms. The molecule has 2 aliphatic carbocycles. The normalized spacial score (nSPS) is 28.8. The van der Waals surface area contributed by atoms with Crippen LogP contribution < -0.4 is 16.0 Å².